The Morgan fingerprint density at radius 3 is 3.00 bits per heavy atom. The van der Waals surface area contributed by atoms with Crippen LogP contribution < -0.4 is 11.1 Å². The SMILES string of the molecule is C[C@H](Nc1nc(C(=O)N2CC[C@@H](N)C2)c2sccc2n1)c1ccccn1. The van der Waals surface area contributed by atoms with Crippen LogP contribution in [0.3, 0.4) is 0 Å². The zero-order chi connectivity index (χ0) is 18.1. The third-order valence-corrected chi connectivity index (χ3v) is 5.41. The molecule has 1 saturated heterocycles. The van der Waals surface area contributed by atoms with Crippen LogP contribution in [-0.2, 0) is 0 Å². The van der Waals surface area contributed by atoms with E-state index in [1.165, 1.54) is 11.3 Å². The van der Waals surface area contributed by atoms with E-state index in [1.54, 1.807) is 11.1 Å². The van der Waals surface area contributed by atoms with E-state index in [2.05, 4.69) is 20.3 Å². The van der Waals surface area contributed by atoms with Crippen molar-refractivity contribution in [3.8, 4) is 0 Å². The molecule has 3 aromatic heterocycles. The average molecular weight is 368 g/mol. The maximum Gasteiger partial charge on any atom is 0.274 e. The molecule has 0 spiro atoms. The van der Waals surface area contributed by atoms with E-state index in [4.69, 9.17) is 5.73 Å². The molecule has 2 atom stereocenters. The molecule has 1 amide bonds. The molecule has 26 heavy (non-hydrogen) atoms. The van der Waals surface area contributed by atoms with Crippen molar-refractivity contribution in [2.45, 2.75) is 25.4 Å². The average Bonchev–Trinajstić information content (AvgIpc) is 3.30. The number of carbonyl (C=O) groups excluding carboxylic acids is 1. The molecule has 134 valence electrons. The Morgan fingerprint density at radius 1 is 1.38 bits per heavy atom. The van der Waals surface area contributed by atoms with Crippen molar-refractivity contribution in [2.75, 3.05) is 18.4 Å². The number of carbonyl (C=O) groups is 1. The molecule has 0 unspecified atom stereocenters. The highest BCUT2D eigenvalue weighted by Gasteiger charge is 2.28. The number of anilines is 1. The summed E-state index contributed by atoms with van der Waals surface area (Å²) in [5, 5.41) is 5.19. The number of hydrogen-bond donors (Lipinski definition) is 2. The van der Waals surface area contributed by atoms with Gasteiger partial charge in [-0.05, 0) is 36.9 Å². The molecule has 0 bridgehead atoms. The number of rotatable bonds is 4. The predicted octanol–water partition coefficient (Wildman–Crippen LogP) is 2.43. The number of fused-ring (bicyclic) bond motifs is 1. The summed E-state index contributed by atoms with van der Waals surface area (Å²) in [4.78, 5) is 28.2. The number of nitrogens with two attached hydrogens (primary N) is 1. The van der Waals surface area contributed by atoms with E-state index in [9.17, 15) is 4.79 Å². The minimum Gasteiger partial charge on any atom is -0.346 e. The van der Waals surface area contributed by atoms with E-state index >= 15 is 0 Å². The molecule has 0 saturated carbocycles. The molecule has 7 nitrogen and oxygen atoms in total. The van der Waals surface area contributed by atoms with Crippen LogP contribution in [0.5, 0.6) is 0 Å². The van der Waals surface area contributed by atoms with E-state index in [-0.39, 0.29) is 18.0 Å². The van der Waals surface area contributed by atoms with Crippen LogP contribution in [0.2, 0.25) is 0 Å². The van der Waals surface area contributed by atoms with Gasteiger partial charge >= 0.3 is 0 Å². The van der Waals surface area contributed by atoms with Gasteiger partial charge in [-0.15, -0.1) is 11.3 Å². The van der Waals surface area contributed by atoms with Gasteiger partial charge in [0, 0.05) is 25.3 Å². The monoisotopic (exact) mass is 368 g/mol. The lowest BCUT2D eigenvalue weighted by atomic mass is 10.2. The van der Waals surface area contributed by atoms with Gasteiger partial charge < -0.3 is 16.0 Å². The van der Waals surface area contributed by atoms with Crippen LogP contribution in [0.25, 0.3) is 10.2 Å². The second-order valence-corrected chi connectivity index (χ2v) is 7.37. The van der Waals surface area contributed by atoms with E-state index in [0.717, 1.165) is 22.3 Å². The molecular weight excluding hydrogens is 348 g/mol. The fourth-order valence-corrected chi connectivity index (χ4v) is 3.91. The first-order valence-corrected chi connectivity index (χ1v) is 9.47. The first kappa shape index (κ1) is 16.9. The highest BCUT2D eigenvalue weighted by Crippen LogP contribution is 2.26. The number of hydrogen-bond acceptors (Lipinski definition) is 7. The maximum atomic E-state index is 13.0. The van der Waals surface area contributed by atoms with Crippen molar-refractivity contribution < 1.29 is 4.79 Å². The predicted molar refractivity (Wildman–Crippen MR) is 102 cm³/mol. The van der Waals surface area contributed by atoms with Gasteiger partial charge in [0.05, 0.1) is 22.0 Å². The van der Waals surface area contributed by atoms with Crippen LogP contribution in [0.4, 0.5) is 5.95 Å². The Balaban J connectivity index is 1.65. The van der Waals surface area contributed by atoms with Gasteiger partial charge in [0.25, 0.3) is 5.91 Å². The second kappa shape index (κ2) is 6.97. The van der Waals surface area contributed by atoms with Gasteiger partial charge in [-0.25, -0.2) is 9.97 Å². The van der Waals surface area contributed by atoms with Crippen LogP contribution in [0, 0.1) is 0 Å². The Hall–Kier alpha value is -2.58. The largest absolute Gasteiger partial charge is 0.346 e. The zero-order valence-electron chi connectivity index (χ0n) is 14.4. The highest BCUT2D eigenvalue weighted by atomic mass is 32.1. The summed E-state index contributed by atoms with van der Waals surface area (Å²) in [6, 6.07) is 7.64. The summed E-state index contributed by atoms with van der Waals surface area (Å²) < 4.78 is 0.812. The molecule has 1 fully saturated rings. The van der Waals surface area contributed by atoms with Crippen molar-refractivity contribution in [2.24, 2.45) is 5.73 Å². The fourth-order valence-electron chi connectivity index (χ4n) is 3.09. The molecule has 0 radical (unpaired) electrons. The van der Waals surface area contributed by atoms with Crippen molar-refractivity contribution in [3.05, 3.63) is 47.2 Å². The molecular formula is C18H20N6OS. The van der Waals surface area contributed by atoms with Gasteiger partial charge in [-0.3, -0.25) is 9.78 Å². The van der Waals surface area contributed by atoms with Crippen molar-refractivity contribution >= 4 is 33.4 Å². The number of likely N-dealkylation sites (tertiary alicyclic amines) is 1. The topological polar surface area (TPSA) is 97.0 Å². The smallest absolute Gasteiger partial charge is 0.274 e. The van der Waals surface area contributed by atoms with Crippen LogP contribution in [0.1, 0.15) is 35.6 Å². The van der Waals surface area contributed by atoms with Crippen LogP contribution in [-0.4, -0.2) is 44.9 Å². The van der Waals surface area contributed by atoms with Crippen LogP contribution in [0.15, 0.2) is 35.8 Å². The molecule has 8 heteroatoms. The van der Waals surface area contributed by atoms with Crippen molar-refractivity contribution in [3.63, 3.8) is 0 Å². The van der Waals surface area contributed by atoms with Gasteiger partial charge in [0.1, 0.15) is 0 Å². The zero-order valence-corrected chi connectivity index (χ0v) is 15.2. The quantitative estimate of drug-likeness (QED) is 0.734. The Kier molecular flexibility index (Phi) is 4.52. The first-order chi connectivity index (χ1) is 12.6. The Morgan fingerprint density at radius 2 is 2.27 bits per heavy atom. The van der Waals surface area contributed by atoms with Gasteiger partial charge in [-0.2, -0.15) is 0 Å². The summed E-state index contributed by atoms with van der Waals surface area (Å²) in [6.45, 7) is 3.23. The van der Waals surface area contributed by atoms with Gasteiger partial charge in [-0.1, -0.05) is 6.07 Å². The third-order valence-electron chi connectivity index (χ3n) is 4.50. The van der Waals surface area contributed by atoms with Crippen LogP contribution >= 0.6 is 11.3 Å². The number of aromatic nitrogens is 3. The summed E-state index contributed by atoms with van der Waals surface area (Å²) >= 11 is 1.48. The van der Waals surface area contributed by atoms with E-state index in [1.807, 2.05) is 36.6 Å². The van der Waals surface area contributed by atoms with Crippen molar-refractivity contribution in [1.29, 1.82) is 0 Å². The standard InChI is InChI=1S/C18H20N6OS/c1-11(13-4-2-3-7-20-13)21-18-22-14-6-9-26-16(14)15(23-18)17(25)24-8-5-12(19)10-24/h2-4,6-7,9,11-12H,5,8,10,19H2,1H3,(H,21,22,23)/t11-,12+/m0/s1. The Bertz CT molecular complexity index is 928. The molecule has 0 aromatic carbocycles. The molecule has 3 aromatic rings. The van der Waals surface area contributed by atoms with Gasteiger partial charge in [0.15, 0.2) is 5.69 Å². The summed E-state index contributed by atoms with van der Waals surface area (Å²) in [6.07, 6.45) is 2.58. The molecule has 3 N–H and O–H groups in total. The Labute approximate surface area is 155 Å². The number of thiophene rings is 1. The molecule has 1 aliphatic rings. The number of pyridine rings is 1. The fraction of sp³-hybridized carbons (Fsp3) is 0.333. The maximum absolute atomic E-state index is 13.0. The highest BCUT2D eigenvalue weighted by molar-refractivity contribution is 7.17. The lowest BCUT2D eigenvalue weighted by Crippen LogP contribution is -2.32. The number of nitrogens with zero attached hydrogens (tertiary/aromatic N) is 4. The minimum absolute atomic E-state index is 0.0430. The van der Waals surface area contributed by atoms with Crippen molar-refractivity contribution in [1.82, 2.24) is 19.9 Å². The second-order valence-electron chi connectivity index (χ2n) is 6.45. The first-order valence-electron chi connectivity index (χ1n) is 8.59. The minimum atomic E-state index is -0.0821. The summed E-state index contributed by atoms with van der Waals surface area (Å²) in [5.41, 5.74) is 8.05. The van der Waals surface area contributed by atoms with E-state index < -0.39 is 0 Å². The molecule has 1 aliphatic heterocycles. The molecule has 4 rings (SSSR count). The van der Waals surface area contributed by atoms with E-state index in [0.29, 0.717) is 24.7 Å². The normalized spacial score (nSPS) is 18.2. The lowest BCUT2D eigenvalue weighted by Gasteiger charge is -2.17. The lowest BCUT2D eigenvalue weighted by molar-refractivity contribution is 0.0787. The summed E-state index contributed by atoms with van der Waals surface area (Å²) in [5.74, 6) is 0.349. The number of nitrogens with one attached hydrogen (secondary N) is 1. The number of amides is 1. The summed E-state index contributed by atoms with van der Waals surface area (Å²) in [7, 11) is 0. The third kappa shape index (κ3) is 3.25. The van der Waals surface area contributed by atoms with Gasteiger partial charge in [0.2, 0.25) is 5.95 Å². The molecule has 0 aliphatic carbocycles. The molecule has 4 heterocycles.